The van der Waals surface area contributed by atoms with E-state index < -0.39 is 0 Å². The molecule has 0 saturated carbocycles. The first-order chi connectivity index (χ1) is 12.2. The molecule has 25 heavy (non-hydrogen) atoms. The predicted octanol–water partition coefficient (Wildman–Crippen LogP) is 3.02. The van der Waals surface area contributed by atoms with E-state index in [9.17, 15) is 10.1 Å². The molecular formula is C20H18N4O. The average molecular weight is 330 g/mol. The fourth-order valence-electron chi connectivity index (χ4n) is 2.68. The third-order valence-corrected chi connectivity index (χ3v) is 3.89. The standard InChI is InChI=1S/C20H18N4O/c1-15-5-4-7-18(13-15)24-12-9-16(14-21)19(24)20(25)23-11-8-17-6-2-3-10-22-17/h2-7,9-10,12-13H,8,11H2,1H3,(H,23,25). The lowest BCUT2D eigenvalue weighted by atomic mass is 10.2. The molecule has 5 nitrogen and oxygen atoms in total. The summed E-state index contributed by atoms with van der Waals surface area (Å²) in [5.41, 5.74) is 3.57. The molecule has 1 amide bonds. The van der Waals surface area contributed by atoms with Crippen LogP contribution in [0.25, 0.3) is 5.69 Å². The number of hydrogen-bond donors (Lipinski definition) is 1. The van der Waals surface area contributed by atoms with Gasteiger partial charge in [0.05, 0.1) is 5.56 Å². The Labute approximate surface area is 146 Å². The van der Waals surface area contributed by atoms with Crippen LogP contribution in [-0.4, -0.2) is 22.0 Å². The number of hydrogen-bond acceptors (Lipinski definition) is 3. The predicted molar refractivity (Wildman–Crippen MR) is 95.5 cm³/mol. The van der Waals surface area contributed by atoms with Crippen molar-refractivity contribution in [1.82, 2.24) is 14.9 Å². The highest BCUT2D eigenvalue weighted by Crippen LogP contribution is 2.18. The summed E-state index contributed by atoms with van der Waals surface area (Å²) in [6.45, 7) is 2.45. The molecule has 3 aromatic rings. The number of nitriles is 1. The Morgan fingerprint density at radius 3 is 2.84 bits per heavy atom. The summed E-state index contributed by atoms with van der Waals surface area (Å²) in [6.07, 6.45) is 4.12. The molecule has 0 aliphatic rings. The van der Waals surface area contributed by atoms with Crippen LogP contribution in [0.3, 0.4) is 0 Å². The number of carbonyl (C=O) groups excluding carboxylic acids is 1. The zero-order chi connectivity index (χ0) is 17.6. The summed E-state index contributed by atoms with van der Waals surface area (Å²) in [5, 5.41) is 12.2. The van der Waals surface area contributed by atoms with Gasteiger partial charge in [-0.25, -0.2) is 0 Å². The number of nitrogens with zero attached hydrogens (tertiary/aromatic N) is 3. The Bertz CT molecular complexity index is 922. The number of aromatic nitrogens is 2. The molecule has 3 rings (SSSR count). The third kappa shape index (κ3) is 3.75. The molecule has 1 aromatic carbocycles. The van der Waals surface area contributed by atoms with Crippen LogP contribution in [-0.2, 0) is 6.42 Å². The van der Waals surface area contributed by atoms with Crippen LogP contribution in [0.2, 0.25) is 0 Å². The first kappa shape index (κ1) is 16.5. The first-order valence-corrected chi connectivity index (χ1v) is 8.05. The number of amides is 1. The van der Waals surface area contributed by atoms with Crippen molar-refractivity contribution < 1.29 is 4.79 Å². The zero-order valence-corrected chi connectivity index (χ0v) is 13.9. The summed E-state index contributed by atoms with van der Waals surface area (Å²) in [7, 11) is 0. The summed E-state index contributed by atoms with van der Waals surface area (Å²) in [5.74, 6) is -0.265. The Balaban J connectivity index is 1.80. The van der Waals surface area contributed by atoms with Gasteiger partial charge >= 0.3 is 0 Å². The van der Waals surface area contributed by atoms with Gasteiger partial charge in [0, 0.05) is 36.7 Å². The van der Waals surface area contributed by atoms with Crippen LogP contribution >= 0.6 is 0 Å². The molecule has 0 fully saturated rings. The van der Waals surface area contributed by atoms with Crippen molar-refractivity contribution in [2.45, 2.75) is 13.3 Å². The minimum absolute atomic E-state index is 0.265. The monoisotopic (exact) mass is 330 g/mol. The van der Waals surface area contributed by atoms with Gasteiger partial charge in [-0.15, -0.1) is 0 Å². The van der Waals surface area contributed by atoms with Crippen molar-refractivity contribution in [3.05, 3.63) is 83.4 Å². The number of nitrogens with one attached hydrogen (secondary N) is 1. The van der Waals surface area contributed by atoms with Crippen LogP contribution in [0.1, 0.15) is 27.3 Å². The van der Waals surface area contributed by atoms with E-state index in [2.05, 4.69) is 16.4 Å². The molecule has 5 heteroatoms. The van der Waals surface area contributed by atoms with Crippen molar-refractivity contribution in [3.63, 3.8) is 0 Å². The van der Waals surface area contributed by atoms with E-state index in [1.807, 2.05) is 49.4 Å². The molecule has 0 aliphatic carbocycles. The lowest BCUT2D eigenvalue weighted by Crippen LogP contribution is -2.28. The second-order valence-electron chi connectivity index (χ2n) is 5.73. The van der Waals surface area contributed by atoms with E-state index in [0.29, 0.717) is 24.2 Å². The van der Waals surface area contributed by atoms with Crippen LogP contribution in [0.5, 0.6) is 0 Å². The van der Waals surface area contributed by atoms with E-state index in [1.54, 1.807) is 23.0 Å². The molecule has 0 saturated heterocycles. The van der Waals surface area contributed by atoms with Gasteiger partial charge in [-0.3, -0.25) is 9.78 Å². The van der Waals surface area contributed by atoms with Gasteiger partial charge < -0.3 is 9.88 Å². The number of rotatable bonds is 5. The largest absolute Gasteiger partial charge is 0.350 e. The van der Waals surface area contributed by atoms with Crippen molar-refractivity contribution >= 4 is 5.91 Å². The highest BCUT2D eigenvalue weighted by Gasteiger charge is 2.18. The molecule has 0 unspecified atom stereocenters. The van der Waals surface area contributed by atoms with Crippen LogP contribution < -0.4 is 5.32 Å². The molecule has 0 spiro atoms. The molecule has 2 aromatic heterocycles. The number of pyridine rings is 1. The van der Waals surface area contributed by atoms with E-state index in [0.717, 1.165) is 16.9 Å². The number of aryl methyl sites for hydroxylation is 1. The second kappa shape index (κ2) is 7.45. The van der Waals surface area contributed by atoms with E-state index in [1.165, 1.54) is 0 Å². The molecule has 2 heterocycles. The highest BCUT2D eigenvalue weighted by molar-refractivity contribution is 5.95. The lowest BCUT2D eigenvalue weighted by Gasteiger charge is -2.11. The quantitative estimate of drug-likeness (QED) is 0.781. The van der Waals surface area contributed by atoms with Crippen molar-refractivity contribution in [2.75, 3.05) is 6.54 Å². The first-order valence-electron chi connectivity index (χ1n) is 8.05. The summed E-state index contributed by atoms with van der Waals surface area (Å²) < 4.78 is 1.75. The van der Waals surface area contributed by atoms with E-state index >= 15 is 0 Å². The molecule has 0 aliphatic heterocycles. The van der Waals surface area contributed by atoms with Gasteiger partial charge in [0.15, 0.2) is 0 Å². The molecule has 0 atom stereocenters. The molecular weight excluding hydrogens is 312 g/mol. The SMILES string of the molecule is Cc1cccc(-n2ccc(C#N)c2C(=O)NCCc2ccccn2)c1. The molecule has 124 valence electrons. The number of carbonyl (C=O) groups is 1. The lowest BCUT2D eigenvalue weighted by molar-refractivity contribution is 0.0947. The molecule has 0 bridgehead atoms. The molecule has 1 N–H and O–H groups in total. The normalized spacial score (nSPS) is 10.2. The zero-order valence-electron chi connectivity index (χ0n) is 13.9. The van der Waals surface area contributed by atoms with Gasteiger partial charge in [-0.1, -0.05) is 18.2 Å². The maximum absolute atomic E-state index is 12.7. The highest BCUT2D eigenvalue weighted by atomic mass is 16.1. The fourth-order valence-corrected chi connectivity index (χ4v) is 2.68. The summed E-state index contributed by atoms with van der Waals surface area (Å²) in [4.78, 5) is 16.9. The van der Waals surface area contributed by atoms with Crippen LogP contribution in [0.15, 0.2) is 60.9 Å². The third-order valence-electron chi connectivity index (χ3n) is 3.89. The van der Waals surface area contributed by atoms with Crippen LogP contribution in [0, 0.1) is 18.3 Å². The van der Waals surface area contributed by atoms with Gasteiger partial charge in [-0.2, -0.15) is 5.26 Å². The smallest absolute Gasteiger partial charge is 0.269 e. The Morgan fingerprint density at radius 1 is 1.24 bits per heavy atom. The maximum Gasteiger partial charge on any atom is 0.269 e. The van der Waals surface area contributed by atoms with Gasteiger partial charge in [0.25, 0.3) is 5.91 Å². The molecule has 0 radical (unpaired) electrons. The number of benzene rings is 1. The van der Waals surface area contributed by atoms with Crippen molar-refractivity contribution in [3.8, 4) is 11.8 Å². The summed E-state index contributed by atoms with van der Waals surface area (Å²) >= 11 is 0. The van der Waals surface area contributed by atoms with Gasteiger partial charge in [-0.05, 0) is 42.8 Å². The average Bonchev–Trinajstić information content (AvgIpc) is 3.07. The van der Waals surface area contributed by atoms with Crippen molar-refractivity contribution in [2.24, 2.45) is 0 Å². The summed E-state index contributed by atoms with van der Waals surface area (Å²) in [6, 6.07) is 17.3. The van der Waals surface area contributed by atoms with Gasteiger partial charge in [0.1, 0.15) is 11.8 Å². The second-order valence-corrected chi connectivity index (χ2v) is 5.73. The minimum Gasteiger partial charge on any atom is -0.350 e. The Kier molecular flexibility index (Phi) is 4.91. The van der Waals surface area contributed by atoms with Gasteiger partial charge in [0.2, 0.25) is 0 Å². The fraction of sp³-hybridized carbons (Fsp3) is 0.150. The minimum atomic E-state index is -0.265. The Morgan fingerprint density at radius 2 is 2.12 bits per heavy atom. The van der Waals surface area contributed by atoms with E-state index in [4.69, 9.17) is 0 Å². The Hall–Kier alpha value is -3.39. The van der Waals surface area contributed by atoms with E-state index in [-0.39, 0.29) is 5.91 Å². The van der Waals surface area contributed by atoms with Crippen molar-refractivity contribution in [1.29, 1.82) is 5.26 Å². The van der Waals surface area contributed by atoms with Crippen LogP contribution in [0.4, 0.5) is 0 Å². The topological polar surface area (TPSA) is 70.7 Å². The maximum atomic E-state index is 12.7.